The molecule has 156 valence electrons. The number of hydrogen-bond donors (Lipinski definition) is 1. The third-order valence-corrected chi connectivity index (χ3v) is 5.91. The molecule has 0 amide bonds. The maximum absolute atomic E-state index is 12.8. The normalized spacial score (nSPS) is 15.7. The zero-order valence-electron chi connectivity index (χ0n) is 16.7. The zero-order chi connectivity index (χ0) is 22.5. The summed E-state index contributed by atoms with van der Waals surface area (Å²) < 4.78 is 10.7. The summed E-state index contributed by atoms with van der Waals surface area (Å²) in [6, 6.07) is 14.4. The predicted molar refractivity (Wildman–Crippen MR) is 116 cm³/mol. The maximum Gasteiger partial charge on any atom is 0.338 e. The van der Waals surface area contributed by atoms with Gasteiger partial charge in [-0.2, -0.15) is 10.5 Å². The lowest BCUT2D eigenvalue weighted by Crippen LogP contribution is -2.26. The number of aryl methyl sites for hydroxylation is 1. The highest BCUT2D eigenvalue weighted by atomic mass is 35.5. The van der Waals surface area contributed by atoms with Crippen LogP contribution in [-0.2, 0) is 14.3 Å². The van der Waals surface area contributed by atoms with Gasteiger partial charge in [-0.25, -0.2) is 9.78 Å². The highest BCUT2D eigenvalue weighted by Gasteiger charge is 2.38. The Hall–Kier alpha value is -3.46. The molecular formula is C22H17ClN4O3S. The number of ether oxygens (including phenoxy) is 2. The molecule has 0 fully saturated rings. The number of methoxy groups -OCH3 is 1. The Morgan fingerprint density at radius 3 is 2.68 bits per heavy atom. The van der Waals surface area contributed by atoms with Gasteiger partial charge in [-0.05, 0) is 30.7 Å². The molecule has 31 heavy (non-hydrogen) atoms. The fourth-order valence-electron chi connectivity index (χ4n) is 3.14. The van der Waals surface area contributed by atoms with Crippen molar-refractivity contribution in [2.24, 2.45) is 5.73 Å². The van der Waals surface area contributed by atoms with Gasteiger partial charge >= 0.3 is 5.97 Å². The molecule has 1 aliphatic heterocycles. The maximum atomic E-state index is 12.8. The highest BCUT2D eigenvalue weighted by Crippen LogP contribution is 2.43. The third kappa shape index (κ3) is 4.51. The highest BCUT2D eigenvalue weighted by molar-refractivity contribution is 7.99. The molecule has 1 atom stereocenters. The molecule has 0 spiro atoms. The molecule has 0 aliphatic carbocycles. The Morgan fingerprint density at radius 2 is 2.03 bits per heavy atom. The SMILES string of the molecule is COC(=O)C1=C(CSc2nc(C)ccc2C#N)OC(N)=C(C#N)C1c1ccccc1Cl. The topological polar surface area (TPSA) is 122 Å². The largest absolute Gasteiger partial charge is 0.466 e. The summed E-state index contributed by atoms with van der Waals surface area (Å²) in [5.74, 6) is -1.29. The Balaban J connectivity index is 2.11. The van der Waals surface area contributed by atoms with E-state index in [0.717, 1.165) is 5.69 Å². The van der Waals surface area contributed by atoms with Crippen molar-refractivity contribution in [1.82, 2.24) is 4.98 Å². The zero-order valence-corrected chi connectivity index (χ0v) is 18.3. The molecule has 1 aromatic carbocycles. The van der Waals surface area contributed by atoms with E-state index in [0.29, 0.717) is 21.2 Å². The predicted octanol–water partition coefficient (Wildman–Crippen LogP) is 3.94. The second-order valence-electron chi connectivity index (χ2n) is 6.48. The van der Waals surface area contributed by atoms with E-state index >= 15 is 0 Å². The summed E-state index contributed by atoms with van der Waals surface area (Å²) in [4.78, 5) is 17.2. The van der Waals surface area contributed by atoms with Crippen molar-refractivity contribution in [1.29, 1.82) is 10.5 Å². The molecule has 3 rings (SSSR count). The molecule has 1 aromatic heterocycles. The van der Waals surface area contributed by atoms with Gasteiger partial charge in [-0.1, -0.05) is 41.6 Å². The number of nitrogens with zero attached hydrogens (tertiary/aromatic N) is 3. The van der Waals surface area contributed by atoms with Crippen LogP contribution >= 0.6 is 23.4 Å². The number of nitriles is 2. The number of pyridine rings is 1. The minimum atomic E-state index is -0.851. The van der Waals surface area contributed by atoms with E-state index in [1.54, 1.807) is 36.4 Å². The Kier molecular flexibility index (Phi) is 6.86. The molecular weight excluding hydrogens is 436 g/mol. The first-order valence-corrected chi connectivity index (χ1v) is 10.4. The number of aromatic nitrogens is 1. The van der Waals surface area contributed by atoms with E-state index in [4.69, 9.17) is 26.8 Å². The minimum absolute atomic E-state index is 0.0636. The van der Waals surface area contributed by atoms with Gasteiger partial charge in [-0.3, -0.25) is 0 Å². The fraction of sp³-hybridized carbons (Fsp3) is 0.182. The van der Waals surface area contributed by atoms with Crippen molar-refractivity contribution in [2.45, 2.75) is 17.9 Å². The van der Waals surface area contributed by atoms with Gasteiger partial charge in [0.2, 0.25) is 5.88 Å². The minimum Gasteiger partial charge on any atom is -0.466 e. The second-order valence-corrected chi connectivity index (χ2v) is 7.85. The number of hydrogen-bond acceptors (Lipinski definition) is 8. The summed E-state index contributed by atoms with van der Waals surface area (Å²) in [6.45, 7) is 1.81. The van der Waals surface area contributed by atoms with Gasteiger partial charge in [0.1, 0.15) is 28.5 Å². The fourth-order valence-corrected chi connectivity index (χ4v) is 4.35. The standard InChI is InChI=1S/C22H17ClN4O3S/c1-12-7-8-13(9-24)21(27-12)31-11-17-19(22(28)29-2)18(15(10-25)20(26)30-17)14-5-3-4-6-16(14)23/h3-8,18H,11,26H2,1-2H3. The monoisotopic (exact) mass is 452 g/mol. The molecule has 2 N–H and O–H groups in total. The van der Waals surface area contributed by atoms with Crippen molar-refractivity contribution in [2.75, 3.05) is 12.9 Å². The van der Waals surface area contributed by atoms with E-state index < -0.39 is 11.9 Å². The average Bonchev–Trinajstić information content (AvgIpc) is 2.77. The molecule has 1 unspecified atom stereocenters. The summed E-state index contributed by atoms with van der Waals surface area (Å²) in [5.41, 5.74) is 7.90. The smallest absolute Gasteiger partial charge is 0.338 e. The van der Waals surface area contributed by atoms with Crippen LogP contribution in [0.3, 0.4) is 0 Å². The number of carbonyl (C=O) groups is 1. The second kappa shape index (κ2) is 9.57. The van der Waals surface area contributed by atoms with Crippen LogP contribution in [0.5, 0.6) is 0 Å². The quantitative estimate of drug-likeness (QED) is 0.534. The Bertz CT molecular complexity index is 1190. The number of allylic oxidation sites excluding steroid dienone is 1. The van der Waals surface area contributed by atoms with Crippen molar-refractivity contribution < 1.29 is 14.3 Å². The summed E-state index contributed by atoms with van der Waals surface area (Å²) in [7, 11) is 1.24. The van der Waals surface area contributed by atoms with E-state index in [2.05, 4.69) is 11.1 Å². The van der Waals surface area contributed by atoms with E-state index in [9.17, 15) is 15.3 Å². The number of halogens is 1. The lowest BCUT2D eigenvalue weighted by atomic mass is 9.83. The van der Waals surface area contributed by atoms with Gasteiger partial charge in [0.05, 0.1) is 29.9 Å². The van der Waals surface area contributed by atoms with Crippen molar-refractivity contribution in [3.63, 3.8) is 0 Å². The number of thioether (sulfide) groups is 1. The van der Waals surface area contributed by atoms with Crippen molar-refractivity contribution in [3.8, 4) is 12.1 Å². The van der Waals surface area contributed by atoms with Crippen LogP contribution in [-0.4, -0.2) is 23.8 Å². The molecule has 2 heterocycles. The molecule has 0 saturated carbocycles. The van der Waals surface area contributed by atoms with Crippen LogP contribution in [0.4, 0.5) is 0 Å². The van der Waals surface area contributed by atoms with Crippen LogP contribution in [0.15, 0.2) is 64.2 Å². The molecule has 9 heteroatoms. The van der Waals surface area contributed by atoms with Crippen LogP contribution in [0.25, 0.3) is 0 Å². The van der Waals surface area contributed by atoms with Crippen LogP contribution < -0.4 is 5.73 Å². The molecule has 0 bridgehead atoms. The molecule has 2 aromatic rings. The van der Waals surface area contributed by atoms with Crippen LogP contribution in [0.2, 0.25) is 5.02 Å². The van der Waals surface area contributed by atoms with E-state index in [1.807, 2.05) is 13.0 Å². The van der Waals surface area contributed by atoms with Gasteiger partial charge < -0.3 is 15.2 Å². The molecule has 7 nitrogen and oxygen atoms in total. The number of esters is 1. The lowest BCUT2D eigenvalue weighted by Gasteiger charge is -2.28. The molecule has 0 radical (unpaired) electrons. The summed E-state index contributed by atoms with van der Waals surface area (Å²) in [6.07, 6.45) is 0. The number of benzene rings is 1. The van der Waals surface area contributed by atoms with Gasteiger partial charge in [0.25, 0.3) is 0 Å². The number of nitrogens with two attached hydrogens (primary N) is 1. The Labute approximate surface area is 188 Å². The van der Waals surface area contributed by atoms with Gasteiger partial charge in [0.15, 0.2) is 0 Å². The van der Waals surface area contributed by atoms with E-state index in [-0.39, 0.29) is 28.5 Å². The number of rotatable bonds is 5. The van der Waals surface area contributed by atoms with Crippen LogP contribution in [0, 0.1) is 29.6 Å². The summed E-state index contributed by atoms with van der Waals surface area (Å²) in [5, 5.41) is 19.9. The number of carbonyl (C=O) groups excluding carboxylic acids is 1. The third-order valence-electron chi connectivity index (χ3n) is 4.58. The van der Waals surface area contributed by atoms with Gasteiger partial charge in [-0.15, -0.1) is 0 Å². The van der Waals surface area contributed by atoms with Crippen LogP contribution in [0.1, 0.15) is 22.7 Å². The average molecular weight is 453 g/mol. The first kappa shape index (κ1) is 22.2. The Morgan fingerprint density at radius 1 is 1.29 bits per heavy atom. The van der Waals surface area contributed by atoms with Crippen molar-refractivity contribution in [3.05, 3.63) is 81.0 Å². The first-order valence-electron chi connectivity index (χ1n) is 9.05. The van der Waals surface area contributed by atoms with Crippen molar-refractivity contribution >= 4 is 29.3 Å². The first-order chi connectivity index (χ1) is 14.9. The molecule has 1 aliphatic rings. The lowest BCUT2D eigenvalue weighted by molar-refractivity contribution is -0.136. The molecule has 0 saturated heterocycles. The van der Waals surface area contributed by atoms with Gasteiger partial charge in [0, 0.05) is 10.7 Å². The van der Waals surface area contributed by atoms with E-state index in [1.165, 1.54) is 18.9 Å². The summed E-state index contributed by atoms with van der Waals surface area (Å²) >= 11 is 7.60.